The number of aromatic nitrogens is 2. The molecule has 2 rings (SSSR count). The van der Waals surface area contributed by atoms with Crippen molar-refractivity contribution in [2.45, 2.75) is 50.6 Å². The molecule has 1 aromatic rings. The maximum absolute atomic E-state index is 12.0. The average Bonchev–Trinajstić information content (AvgIpc) is 2.91. The minimum absolute atomic E-state index is 0.0102. The van der Waals surface area contributed by atoms with E-state index >= 15 is 0 Å². The van der Waals surface area contributed by atoms with Gasteiger partial charge in [-0.3, -0.25) is 4.79 Å². The van der Waals surface area contributed by atoms with Crippen molar-refractivity contribution in [1.82, 2.24) is 20.6 Å². The summed E-state index contributed by atoms with van der Waals surface area (Å²) in [7, 11) is 1.97. The number of imidazole rings is 1. The van der Waals surface area contributed by atoms with Gasteiger partial charge in [0.05, 0.1) is 18.6 Å². The monoisotopic (exact) mass is 250 g/mol. The van der Waals surface area contributed by atoms with Gasteiger partial charge in [0, 0.05) is 18.2 Å². The Hall–Kier alpha value is -1.36. The molecule has 1 fully saturated rings. The van der Waals surface area contributed by atoms with E-state index in [9.17, 15) is 4.79 Å². The Labute approximate surface area is 108 Å². The zero-order chi connectivity index (χ0) is 12.8. The van der Waals surface area contributed by atoms with Gasteiger partial charge in [0.1, 0.15) is 0 Å². The fourth-order valence-corrected chi connectivity index (χ4v) is 2.69. The van der Waals surface area contributed by atoms with Gasteiger partial charge in [-0.25, -0.2) is 4.98 Å². The van der Waals surface area contributed by atoms with E-state index in [-0.39, 0.29) is 11.4 Å². The predicted octanol–water partition coefficient (Wildman–Crippen LogP) is 1.34. The molecular weight excluding hydrogens is 228 g/mol. The third kappa shape index (κ3) is 3.32. The summed E-state index contributed by atoms with van der Waals surface area (Å²) in [5.41, 5.74) is 0.946. The molecule has 100 valence electrons. The summed E-state index contributed by atoms with van der Waals surface area (Å²) in [4.78, 5) is 18.9. The number of H-pyrrole nitrogens is 1. The summed E-state index contributed by atoms with van der Waals surface area (Å²) in [5, 5.41) is 6.30. The van der Waals surface area contributed by atoms with Gasteiger partial charge >= 0.3 is 0 Å². The van der Waals surface area contributed by atoms with Crippen LogP contribution in [0.5, 0.6) is 0 Å². The molecule has 0 aromatic carbocycles. The normalized spacial score (nSPS) is 18.5. The molecular formula is C13H22N4O. The van der Waals surface area contributed by atoms with Crippen molar-refractivity contribution in [3.05, 3.63) is 18.2 Å². The molecule has 0 radical (unpaired) electrons. The van der Waals surface area contributed by atoms with Gasteiger partial charge in [-0.1, -0.05) is 19.3 Å². The smallest absolute Gasteiger partial charge is 0.222 e. The number of hydrogen-bond acceptors (Lipinski definition) is 3. The molecule has 1 aliphatic carbocycles. The highest BCUT2D eigenvalue weighted by Crippen LogP contribution is 2.30. The number of rotatable bonds is 5. The second kappa shape index (κ2) is 6.00. The first kappa shape index (κ1) is 13.1. The summed E-state index contributed by atoms with van der Waals surface area (Å²) in [6.07, 6.45) is 9.84. The number of aromatic amines is 1. The summed E-state index contributed by atoms with van der Waals surface area (Å²) in [6, 6.07) is 0. The van der Waals surface area contributed by atoms with Gasteiger partial charge in [-0.2, -0.15) is 0 Å². The van der Waals surface area contributed by atoms with E-state index in [1.54, 1.807) is 12.5 Å². The Bertz CT molecular complexity index is 368. The Morgan fingerprint density at radius 1 is 1.44 bits per heavy atom. The quantitative estimate of drug-likeness (QED) is 0.738. The Morgan fingerprint density at radius 2 is 2.22 bits per heavy atom. The van der Waals surface area contributed by atoms with E-state index in [4.69, 9.17) is 0 Å². The first-order valence-electron chi connectivity index (χ1n) is 6.67. The zero-order valence-electron chi connectivity index (χ0n) is 11.0. The van der Waals surface area contributed by atoms with E-state index in [2.05, 4.69) is 20.6 Å². The predicted molar refractivity (Wildman–Crippen MR) is 69.9 cm³/mol. The molecule has 1 heterocycles. The molecule has 5 heteroatoms. The average molecular weight is 250 g/mol. The lowest BCUT2D eigenvalue weighted by Crippen LogP contribution is -2.48. The lowest BCUT2D eigenvalue weighted by Gasteiger charge is -2.36. The van der Waals surface area contributed by atoms with Crippen molar-refractivity contribution in [2.75, 3.05) is 7.05 Å². The van der Waals surface area contributed by atoms with Gasteiger partial charge in [-0.05, 0) is 19.9 Å². The fraction of sp³-hybridized carbons (Fsp3) is 0.692. The number of nitrogens with one attached hydrogen (secondary N) is 3. The van der Waals surface area contributed by atoms with Crippen molar-refractivity contribution >= 4 is 5.91 Å². The molecule has 1 aromatic heterocycles. The van der Waals surface area contributed by atoms with Crippen LogP contribution >= 0.6 is 0 Å². The van der Waals surface area contributed by atoms with Crippen molar-refractivity contribution in [2.24, 2.45) is 0 Å². The molecule has 0 saturated heterocycles. The summed E-state index contributed by atoms with van der Waals surface area (Å²) in [6.45, 7) is 0.526. The van der Waals surface area contributed by atoms with Crippen molar-refractivity contribution in [3.8, 4) is 0 Å². The highest BCUT2D eigenvalue weighted by Gasteiger charge is 2.32. The van der Waals surface area contributed by atoms with Crippen LogP contribution in [0.25, 0.3) is 0 Å². The zero-order valence-corrected chi connectivity index (χ0v) is 11.0. The highest BCUT2D eigenvalue weighted by molar-refractivity contribution is 5.77. The van der Waals surface area contributed by atoms with Crippen LogP contribution in [0, 0.1) is 0 Å². The largest absolute Gasteiger partial charge is 0.350 e. The number of amides is 1. The lowest BCUT2D eigenvalue weighted by molar-refractivity contribution is -0.123. The highest BCUT2D eigenvalue weighted by atomic mass is 16.1. The standard InChI is InChI=1S/C13H22N4O/c1-14-13(5-3-2-4-6-13)7-12(18)16-9-11-8-15-10-17-11/h8,10,14H,2-7,9H2,1H3,(H,15,17)(H,16,18). The van der Waals surface area contributed by atoms with Crippen LogP contribution in [-0.2, 0) is 11.3 Å². The molecule has 0 atom stereocenters. The van der Waals surface area contributed by atoms with Crippen LogP contribution in [0.4, 0.5) is 0 Å². The van der Waals surface area contributed by atoms with Gasteiger partial charge in [0.2, 0.25) is 5.91 Å². The van der Waals surface area contributed by atoms with E-state index in [1.807, 2.05) is 7.05 Å². The number of hydrogen-bond donors (Lipinski definition) is 3. The number of carbonyl (C=O) groups is 1. The molecule has 0 unspecified atom stereocenters. The first-order chi connectivity index (χ1) is 8.74. The number of nitrogens with zero attached hydrogens (tertiary/aromatic N) is 1. The third-order valence-corrected chi connectivity index (χ3v) is 3.87. The minimum atomic E-state index is 0.0102. The molecule has 1 aliphatic rings. The van der Waals surface area contributed by atoms with Gasteiger partial charge in [-0.15, -0.1) is 0 Å². The van der Waals surface area contributed by atoms with E-state index in [1.165, 1.54) is 19.3 Å². The molecule has 1 amide bonds. The van der Waals surface area contributed by atoms with Crippen molar-refractivity contribution in [3.63, 3.8) is 0 Å². The van der Waals surface area contributed by atoms with Crippen LogP contribution < -0.4 is 10.6 Å². The summed E-state index contributed by atoms with van der Waals surface area (Å²) >= 11 is 0. The van der Waals surface area contributed by atoms with Crippen molar-refractivity contribution in [1.29, 1.82) is 0 Å². The second-order valence-corrected chi connectivity index (χ2v) is 5.12. The molecule has 3 N–H and O–H groups in total. The first-order valence-corrected chi connectivity index (χ1v) is 6.67. The van der Waals surface area contributed by atoms with Crippen LogP contribution in [0.15, 0.2) is 12.5 Å². The van der Waals surface area contributed by atoms with Gasteiger partial charge < -0.3 is 15.6 Å². The van der Waals surface area contributed by atoms with Crippen LogP contribution in [0.3, 0.4) is 0 Å². The van der Waals surface area contributed by atoms with Crippen LogP contribution in [0.2, 0.25) is 0 Å². The van der Waals surface area contributed by atoms with Gasteiger partial charge in [0.15, 0.2) is 0 Å². The Balaban J connectivity index is 1.81. The third-order valence-electron chi connectivity index (χ3n) is 3.87. The molecule has 18 heavy (non-hydrogen) atoms. The molecule has 0 bridgehead atoms. The molecule has 0 aliphatic heterocycles. The summed E-state index contributed by atoms with van der Waals surface area (Å²) in [5.74, 6) is 0.112. The number of carbonyl (C=O) groups excluding carboxylic acids is 1. The Morgan fingerprint density at radius 3 is 2.83 bits per heavy atom. The topological polar surface area (TPSA) is 69.8 Å². The lowest BCUT2D eigenvalue weighted by atomic mass is 9.79. The minimum Gasteiger partial charge on any atom is -0.350 e. The van der Waals surface area contributed by atoms with E-state index in [0.29, 0.717) is 13.0 Å². The van der Waals surface area contributed by atoms with E-state index < -0.39 is 0 Å². The van der Waals surface area contributed by atoms with Crippen LogP contribution in [-0.4, -0.2) is 28.5 Å². The molecule has 5 nitrogen and oxygen atoms in total. The fourth-order valence-electron chi connectivity index (χ4n) is 2.69. The Kier molecular flexibility index (Phi) is 4.36. The SMILES string of the molecule is CNC1(CC(=O)NCc2cnc[nH]2)CCCCC1. The van der Waals surface area contributed by atoms with E-state index in [0.717, 1.165) is 18.5 Å². The van der Waals surface area contributed by atoms with Crippen LogP contribution in [0.1, 0.15) is 44.2 Å². The maximum atomic E-state index is 12.0. The second-order valence-electron chi connectivity index (χ2n) is 5.12. The van der Waals surface area contributed by atoms with Gasteiger partial charge in [0.25, 0.3) is 0 Å². The molecule has 1 saturated carbocycles. The molecule has 0 spiro atoms. The maximum Gasteiger partial charge on any atom is 0.222 e. The van der Waals surface area contributed by atoms with Crippen molar-refractivity contribution < 1.29 is 4.79 Å². The summed E-state index contributed by atoms with van der Waals surface area (Å²) < 4.78 is 0.